The average molecular weight is 482 g/mol. The number of halogens is 4. The van der Waals surface area contributed by atoms with E-state index in [1.807, 2.05) is 24.3 Å². The van der Waals surface area contributed by atoms with Gasteiger partial charge in [-0.2, -0.15) is 23.4 Å². The van der Waals surface area contributed by atoms with E-state index in [2.05, 4.69) is 22.4 Å². The lowest BCUT2D eigenvalue weighted by atomic mass is 10.2. The van der Waals surface area contributed by atoms with Crippen molar-refractivity contribution in [3.8, 4) is 5.75 Å². The zero-order valence-corrected chi connectivity index (χ0v) is 18.8. The highest BCUT2D eigenvalue weighted by Crippen LogP contribution is 2.47. The van der Waals surface area contributed by atoms with Crippen LogP contribution in [0.5, 0.6) is 5.75 Å². The quantitative estimate of drug-likeness (QED) is 0.465. The van der Waals surface area contributed by atoms with Gasteiger partial charge in [0.15, 0.2) is 12.4 Å². The van der Waals surface area contributed by atoms with Crippen LogP contribution in [0.2, 0.25) is 5.02 Å². The van der Waals surface area contributed by atoms with Crippen molar-refractivity contribution >= 4 is 23.2 Å². The van der Waals surface area contributed by atoms with E-state index >= 15 is 0 Å². The van der Waals surface area contributed by atoms with Gasteiger partial charge < -0.3 is 10.1 Å². The maximum absolute atomic E-state index is 13.3. The molecule has 1 N–H and O–H groups in total. The molecule has 0 spiro atoms. The van der Waals surface area contributed by atoms with Gasteiger partial charge in [-0.3, -0.25) is 9.48 Å². The summed E-state index contributed by atoms with van der Waals surface area (Å²) >= 11 is 6.00. The molecule has 3 aromatic rings. The Morgan fingerprint density at radius 1 is 1.30 bits per heavy atom. The number of hydrogen-bond donors (Lipinski definition) is 1. The fraction of sp³-hybridized carbons (Fsp3) is 0.409. The summed E-state index contributed by atoms with van der Waals surface area (Å²) in [6.07, 6.45) is 0.679. The summed E-state index contributed by atoms with van der Waals surface area (Å²) in [5.74, 6) is 0.0357. The number of hydrogen-bond acceptors (Lipinski definition) is 4. The van der Waals surface area contributed by atoms with Gasteiger partial charge in [-0.1, -0.05) is 30.7 Å². The first-order valence-electron chi connectivity index (χ1n) is 10.6. The fourth-order valence-corrected chi connectivity index (χ4v) is 3.83. The molecule has 4 rings (SSSR count). The largest absolute Gasteiger partial charge is 0.471 e. The second kappa shape index (κ2) is 9.09. The Labute approximate surface area is 193 Å². The van der Waals surface area contributed by atoms with E-state index in [0.717, 1.165) is 11.1 Å². The van der Waals surface area contributed by atoms with Crippen molar-refractivity contribution in [2.75, 3.05) is 5.32 Å². The molecule has 2 heterocycles. The van der Waals surface area contributed by atoms with Crippen LogP contribution in [0.25, 0.3) is 0 Å². The number of aryl methyl sites for hydroxylation is 1. The number of aromatic nitrogens is 4. The molecule has 1 unspecified atom stereocenters. The van der Waals surface area contributed by atoms with Gasteiger partial charge in [0.05, 0.1) is 28.8 Å². The van der Waals surface area contributed by atoms with Crippen LogP contribution in [0.15, 0.2) is 36.7 Å². The van der Waals surface area contributed by atoms with Crippen LogP contribution >= 0.6 is 11.6 Å². The Kier molecular flexibility index (Phi) is 6.38. The zero-order chi connectivity index (χ0) is 23.8. The molecule has 176 valence electrons. The summed E-state index contributed by atoms with van der Waals surface area (Å²) in [6.45, 7) is 3.68. The van der Waals surface area contributed by atoms with Crippen molar-refractivity contribution in [1.82, 2.24) is 19.6 Å². The number of carbonyl (C=O) groups excluding carboxylic acids is 1. The molecular formula is C22H23ClF3N5O2. The van der Waals surface area contributed by atoms with Crippen LogP contribution in [-0.4, -0.2) is 25.5 Å². The maximum Gasteiger partial charge on any atom is 0.436 e. The third kappa shape index (κ3) is 5.16. The van der Waals surface area contributed by atoms with E-state index in [0.29, 0.717) is 24.3 Å². The first kappa shape index (κ1) is 23.2. The van der Waals surface area contributed by atoms with Crippen LogP contribution in [0, 0.1) is 0 Å². The minimum atomic E-state index is -4.69. The molecule has 0 saturated heterocycles. The predicted octanol–water partition coefficient (Wildman–Crippen LogP) is 5.43. The van der Waals surface area contributed by atoms with Gasteiger partial charge >= 0.3 is 6.18 Å². The minimum Gasteiger partial charge on any atom is -0.471 e. The SMILES string of the molecule is CCc1ccc(OCn2cc(NC(=O)C(C)n3nc(C(F)(F)F)c(Cl)c3C3CC3)cn2)cc1. The van der Waals surface area contributed by atoms with Crippen LogP contribution in [0.4, 0.5) is 18.9 Å². The first-order valence-corrected chi connectivity index (χ1v) is 10.9. The van der Waals surface area contributed by atoms with Gasteiger partial charge in [-0.25, -0.2) is 4.68 Å². The molecule has 7 nitrogen and oxygen atoms in total. The summed E-state index contributed by atoms with van der Waals surface area (Å²) in [5.41, 5.74) is 0.678. The van der Waals surface area contributed by atoms with E-state index in [1.54, 1.807) is 6.20 Å². The Balaban J connectivity index is 1.42. The third-order valence-corrected chi connectivity index (χ3v) is 5.83. The Morgan fingerprint density at radius 3 is 2.61 bits per heavy atom. The molecule has 0 radical (unpaired) electrons. The number of nitrogens with one attached hydrogen (secondary N) is 1. The molecule has 11 heteroatoms. The van der Waals surface area contributed by atoms with Gasteiger partial charge in [0.2, 0.25) is 5.91 Å². The number of alkyl halides is 3. The molecule has 1 saturated carbocycles. The van der Waals surface area contributed by atoms with E-state index < -0.39 is 28.8 Å². The van der Waals surface area contributed by atoms with Crippen molar-refractivity contribution in [1.29, 1.82) is 0 Å². The monoisotopic (exact) mass is 481 g/mol. The van der Waals surface area contributed by atoms with Gasteiger partial charge in [0, 0.05) is 5.92 Å². The highest BCUT2D eigenvalue weighted by molar-refractivity contribution is 6.32. The average Bonchev–Trinajstić information content (AvgIpc) is 3.41. The van der Waals surface area contributed by atoms with Gasteiger partial charge in [-0.05, 0) is 43.9 Å². The lowest BCUT2D eigenvalue weighted by molar-refractivity contribution is -0.141. The van der Waals surface area contributed by atoms with E-state index in [-0.39, 0.29) is 18.3 Å². The van der Waals surface area contributed by atoms with Crippen LogP contribution in [-0.2, 0) is 24.1 Å². The lowest BCUT2D eigenvalue weighted by Crippen LogP contribution is -2.26. The first-order chi connectivity index (χ1) is 15.7. The third-order valence-electron chi connectivity index (χ3n) is 5.46. The molecule has 1 aliphatic carbocycles. The summed E-state index contributed by atoms with van der Waals surface area (Å²) in [4.78, 5) is 12.8. The number of nitrogens with zero attached hydrogens (tertiary/aromatic N) is 4. The Bertz CT molecular complexity index is 1140. The minimum absolute atomic E-state index is 0.123. The normalized spacial score (nSPS) is 14.8. The summed E-state index contributed by atoms with van der Waals surface area (Å²) < 4.78 is 48.1. The standard InChI is InChI=1S/C22H23ClF3N5O2/c1-3-14-4-8-17(9-5-14)33-12-30-11-16(10-27-30)28-21(32)13(2)31-19(15-6-7-15)18(23)20(29-31)22(24,25)26/h4-5,8-11,13,15H,3,6-7,12H2,1-2H3,(H,28,32). The highest BCUT2D eigenvalue weighted by Gasteiger charge is 2.43. The second-order valence-electron chi connectivity index (χ2n) is 7.97. The maximum atomic E-state index is 13.3. The second-order valence-corrected chi connectivity index (χ2v) is 8.35. The summed E-state index contributed by atoms with van der Waals surface area (Å²) in [5, 5.41) is 10.0. The van der Waals surface area contributed by atoms with Gasteiger partial charge in [-0.15, -0.1) is 0 Å². The van der Waals surface area contributed by atoms with E-state index in [9.17, 15) is 18.0 Å². The Morgan fingerprint density at radius 2 is 2.00 bits per heavy atom. The summed E-state index contributed by atoms with van der Waals surface area (Å²) in [7, 11) is 0. The van der Waals surface area contributed by atoms with Crippen molar-refractivity contribution in [2.24, 2.45) is 0 Å². The topological polar surface area (TPSA) is 74.0 Å². The number of anilines is 1. The molecule has 1 amide bonds. The van der Waals surface area contributed by atoms with E-state index in [1.165, 1.54) is 23.4 Å². The molecule has 1 aromatic carbocycles. The number of ether oxygens (including phenoxy) is 1. The zero-order valence-electron chi connectivity index (χ0n) is 18.1. The van der Waals surface area contributed by atoms with Crippen molar-refractivity contribution in [3.63, 3.8) is 0 Å². The molecular weight excluding hydrogens is 459 g/mol. The molecule has 1 aliphatic rings. The van der Waals surface area contributed by atoms with Gasteiger partial charge in [0.1, 0.15) is 11.8 Å². The molecule has 1 fully saturated rings. The van der Waals surface area contributed by atoms with Crippen molar-refractivity contribution < 1.29 is 22.7 Å². The molecule has 33 heavy (non-hydrogen) atoms. The van der Waals surface area contributed by atoms with Crippen molar-refractivity contribution in [3.05, 3.63) is 58.6 Å². The molecule has 0 aliphatic heterocycles. The lowest BCUT2D eigenvalue weighted by Gasteiger charge is -2.15. The van der Waals surface area contributed by atoms with Gasteiger partial charge in [0.25, 0.3) is 0 Å². The summed E-state index contributed by atoms with van der Waals surface area (Å²) in [6, 6.07) is 6.70. The fourth-order valence-electron chi connectivity index (χ4n) is 3.45. The van der Waals surface area contributed by atoms with Crippen LogP contribution in [0.1, 0.15) is 55.6 Å². The van der Waals surface area contributed by atoms with Crippen LogP contribution in [0.3, 0.4) is 0 Å². The smallest absolute Gasteiger partial charge is 0.436 e. The highest BCUT2D eigenvalue weighted by atomic mass is 35.5. The predicted molar refractivity (Wildman–Crippen MR) is 116 cm³/mol. The van der Waals surface area contributed by atoms with E-state index in [4.69, 9.17) is 16.3 Å². The number of carbonyl (C=O) groups is 1. The Hall–Kier alpha value is -3.01. The number of amides is 1. The number of rotatable bonds is 8. The number of benzene rings is 1. The van der Waals surface area contributed by atoms with Crippen molar-refractivity contribution in [2.45, 2.75) is 58.0 Å². The molecule has 2 aromatic heterocycles. The molecule has 1 atom stereocenters. The van der Waals surface area contributed by atoms with Crippen LogP contribution < -0.4 is 10.1 Å². The molecule has 0 bridgehead atoms.